The summed E-state index contributed by atoms with van der Waals surface area (Å²) in [6.07, 6.45) is 2.14. The number of carbonyl (C=O) groups is 2. The molecule has 1 aromatic rings. The van der Waals surface area contributed by atoms with Gasteiger partial charge in [0.25, 0.3) is 0 Å². The third-order valence-electron chi connectivity index (χ3n) is 2.91. The number of carbonyl (C=O) groups excluding carboxylic acids is 1. The molecule has 1 aliphatic rings. The molecule has 1 amide bonds. The van der Waals surface area contributed by atoms with E-state index in [-0.39, 0.29) is 17.4 Å². The summed E-state index contributed by atoms with van der Waals surface area (Å²) in [5.74, 6) is -0.903. The van der Waals surface area contributed by atoms with Crippen LogP contribution in [0.5, 0.6) is 0 Å². The molecule has 1 atom stereocenters. The highest BCUT2D eigenvalue weighted by Crippen LogP contribution is 2.22. The van der Waals surface area contributed by atoms with Gasteiger partial charge in [-0.1, -0.05) is 0 Å². The summed E-state index contributed by atoms with van der Waals surface area (Å²) < 4.78 is 0. The quantitative estimate of drug-likeness (QED) is 0.774. The molecule has 0 aliphatic carbocycles. The van der Waals surface area contributed by atoms with E-state index in [1.54, 1.807) is 0 Å². The summed E-state index contributed by atoms with van der Waals surface area (Å²) in [6.45, 7) is 1.18. The summed E-state index contributed by atoms with van der Waals surface area (Å²) >= 11 is 0. The van der Waals surface area contributed by atoms with Gasteiger partial charge in [0, 0.05) is 19.3 Å². The largest absolute Gasteiger partial charge is 0.478 e. The smallest absolute Gasteiger partial charge is 0.335 e. The summed E-state index contributed by atoms with van der Waals surface area (Å²) in [5, 5.41) is 8.87. The molecule has 17 heavy (non-hydrogen) atoms. The fraction of sp³-hybridized carbons (Fsp3) is 0.364. The molecule has 0 bridgehead atoms. The van der Waals surface area contributed by atoms with Gasteiger partial charge in [-0.15, -0.1) is 0 Å². The molecule has 90 valence electrons. The van der Waals surface area contributed by atoms with Crippen molar-refractivity contribution in [2.45, 2.75) is 6.42 Å². The highest BCUT2D eigenvalue weighted by molar-refractivity contribution is 5.88. The van der Waals surface area contributed by atoms with Crippen LogP contribution >= 0.6 is 0 Å². The number of rotatable bonds is 3. The molecule has 2 rings (SSSR count). The van der Waals surface area contributed by atoms with Crippen molar-refractivity contribution in [2.24, 2.45) is 11.7 Å². The molecule has 0 saturated carbocycles. The van der Waals surface area contributed by atoms with Gasteiger partial charge in [-0.2, -0.15) is 0 Å². The summed E-state index contributed by atoms with van der Waals surface area (Å²) in [7, 11) is 0. The normalized spacial score (nSPS) is 19.3. The number of carboxylic acid groups (broad SMARTS) is 1. The van der Waals surface area contributed by atoms with Crippen molar-refractivity contribution in [2.75, 3.05) is 18.0 Å². The predicted octanol–water partition coefficient (Wildman–Crippen LogP) is 0.0914. The van der Waals surface area contributed by atoms with Gasteiger partial charge in [0.2, 0.25) is 5.91 Å². The topological polar surface area (TPSA) is 96.5 Å². The Hall–Kier alpha value is -2.11. The second-order valence-corrected chi connectivity index (χ2v) is 4.04. The lowest BCUT2D eigenvalue weighted by atomic mass is 10.1. The third kappa shape index (κ3) is 2.35. The van der Waals surface area contributed by atoms with Gasteiger partial charge in [0.1, 0.15) is 5.82 Å². The molecular weight excluding hydrogens is 222 g/mol. The van der Waals surface area contributed by atoms with Crippen LogP contribution in [0.1, 0.15) is 16.8 Å². The second kappa shape index (κ2) is 4.40. The molecule has 1 unspecified atom stereocenters. The Balaban J connectivity index is 2.16. The van der Waals surface area contributed by atoms with E-state index in [1.807, 2.05) is 4.90 Å². The minimum absolute atomic E-state index is 0.176. The summed E-state index contributed by atoms with van der Waals surface area (Å²) in [5.41, 5.74) is 5.43. The maximum atomic E-state index is 11.0. The average Bonchev–Trinajstić information content (AvgIpc) is 2.78. The van der Waals surface area contributed by atoms with E-state index < -0.39 is 5.97 Å². The number of carboxylic acids is 1. The van der Waals surface area contributed by atoms with Gasteiger partial charge in [0.15, 0.2) is 0 Å². The number of hydrogen-bond acceptors (Lipinski definition) is 4. The van der Waals surface area contributed by atoms with Gasteiger partial charge in [-0.3, -0.25) is 4.79 Å². The number of hydrogen-bond donors (Lipinski definition) is 2. The van der Waals surface area contributed by atoms with E-state index in [1.165, 1.54) is 18.3 Å². The Bertz CT molecular complexity index is 461. The third-order valence-corrected chi connectivity index (χ3v) is 2.91. The first-order valence-electron chi connectivity index (χ1n) is 5.31. The molecule has 0 spiro atoms. The SMILES string of the molecule is NC(=O)C1CCN(c2cc(C(=O)O)ccn2)C1. The lowest BCUT2D eigenvalue weighted by Gasteiger charge is -2.16. The Morgan fingerprint density at radius 1 is 1.53 bits per heavy atom. The Labute approximate surface area is 98.1 Å². The van der Waals surface area contributed by atoms with Crippen molar-refractivity contribution in [3.8, 4) is 0 Å². The zero-order valence-electron chi connectivity index (χ0n) is 9.17. The monoisotopic (exact) mass is 235 g/mol. The van der Waals surface area contributed by atoms with Crippen LogP contribution in [0.15, 0.2) is 18.3 Å². The first-order valence-corrected chi connectivity index (χ1v) is 5.31. The van der Waals surface area contributed by atoms with Crippen molar-refractivity contribution in [1.29, 1.82) is 0 Å². The maximum Gasteiger partial charge on any atom is 0.335 e. The molecule has 1 aromatic heterocycles. The van der Waals surface area contributed by atoms with Gasteiger partial charge >= 0.3 is 5.97 Å². The van der Waals surface area contributed by atoms with E-state index in [9.17, 15) is 9.59 Å². The van der Waals surface area contributed by atoms with Crippen LogP contribution in [-0.2, 0) is 4.79 Å². The van der Waals surface area contributed by atoms with Crippen LogP contribution < -0.4 is 10.6 Å². The lowest BCUT2D eigenvalue weighted by Crippen LogP contribution is -2.27. The number of aromatic nitrogens is 1. The van der Waals surface area contributed by atoms with Crippen LogP contribution in [-0.4, -0.2) is 35.1 Å². The Morgan fingerprint density at radius 2 is 2.29 bits per heavy atom. The van der Waals surface area contributed by atoms with Crippen LogP contribution in [0.3, 0.4) is 0 Å². The predicted molar refractivity (Wildman–Crippen MR) is 60.7 cm³/mol. The van der Waals surface area contributed by atoms with Crippen LogP contribution in [0.4, 0.5) is 5.82 Å². The van der Waals surface area contributed by atoms with Crippen LogP contribution in [0, 0.1) is 5.92 Å². The molecular formula is C11H13N3O3. The van der Waals surface area contributed by atoms with E-state index in [0.29, 0.717) is 25.3 Å². The number of amides is 1. The zero-order valence-corrected chi connectivity index (χ0v) is 9.17. The van der Waals surface area contributed by atoms with E-state index in [2.05, 4.69) is 4.98 Å². The number of pyridine rings is 1. The summed E-state index contributed by atoms with van der Waals surface area (Å²) in [4.78, 5) is 27.8. The number of anilines is 1. The fourth-order valence-electron chi connectivity index (χ4n) is 1.92. The van der Waals surface area contributed by atoms with Crippen molar-refractivity contribution in [1.82, 2.24) is 4.98 Å². The van der Waals surface area contributed by atoms with Crippen molar-refractivity contribution in [3.63, 3.8) is 0 Å². The van der Waals surface area contributed by atoms with Crippen LogP contribution in [0.2, 0.25) is 0 Å². The Morgan fingerprint density at radius 3 is 2.88 bits per heavy atom. The first-order chi connectivity index (χ1) is 8.08. The van der Waals surface area contributed by atoms with E-state index in [0.717, 1.165) is 0 Å². The number of aromatic carboxylic acids is 1. The number of primary amides is 1. The van der Waals surface area contributed by atoms with Crippen molar-refractivity contribution in [3.05, 3.63) is 23.9 Å². The van der Waals surface area contributed by atoms with Gasteiger partial charge in [-0.05, 0) is 18.6 Å². The number of nitrogens with two attached hydrogens (primary N) is 1. The molecule has 6 nitrogen and oxygen atoms in total. The molecule has 2 heterocycles. The van der Waals surface area contributed by atoms with Gasteiger partial charge in [0.05, 0.1) is 11.5 Å². The number of nitrogens with zero attached hydrogens (tertiary/aromatic N) is 2. The molecule has 6 heteroatoms. The second-order valence-electron chi connectivity index (χ2n) is 4.04. The maximum absolute atomic E-state index is 11.0. The van der Waals surface area contributed by atoms with Gasteiger partial charge < -0.3 is 15.7 Å². The molecule has 1 fully saturated rings. The summed E-state index contributed by atoms with van der Waals surface area (Å²) in [6, 6.07) is 2.94. The molecule has 1 aliphatic heterocycles. The highest BCUT2D eigenvalue weighted by atomic mass is 16.4. The first kappa shape index (κ1) is 11.4. The molecule has 1 saturated heterocycles. The Kier molecular flexibility index (Phi) is 2.95. The van der Waals surface area contributed by atoms with E-state index in [4.69, 9.17) is 10.8 Å². The minimum Gasteiger partial charge on any atom is -0.478 e. The fourth-order valence-corrected chi connectivity index (χ4v) is 1.92. The zero-order chi connectivity index (χ0) is 12.4. The lowest BCUT2D eigenvalue weighted by molar-refractivity contribution is -0.121. The highest BCUT2D eigenvalue weighted by Gasteiger charge is 2.27. The van der Waals surface area contributed by atoms with Crippen molar-refractivity contribution < 1.29 is 14.7 Å². The van der Waals surface area contributed by atoms with Crippen LogP contribution in [0.25, 0.3) is 0 Å². The standard InChI is InChI=1S/C11H13N3O3/c12-10(15)8-2-4-14(6-8)9-5-7(11(16)17)1-3-13-9/h1,3,5,8H,2,4,6H2,(H2,12,15)(H,16,17). The molecule has 0 radical (unpaired) electrons. The van der Waals surface area contributed by atoms with E-state index >= 15 is 0 Å². The molecule has 0 aromatic carbocycles. The molecule has 3 N–H and O–H groups in total. The average molecular weight is 235 g/mol. The van der Waals surface area contributed by atoms with Crippen molar-refractivity contribution >= 4 is 17.7 Å². The van der Waals surface area contributed by atoms with Gasteiger partial charge in [-0.25, -0.2) is 9.78 Å². The minimum atomic E-state index is -0.987.